The predicted octanol–water partition coefficient (Wildman–Crippen LogP) is 5.14. The van der Waals surface area contributed by atoms with Crippen LogP contribution >= 0.6 is 23.2 Å². The van der Waals surface area contributed by atoms with Crippen LogP contribution in [0.1, 0.15) is 24.8 Å². The summed E-state index contributed by atoms with van der Waals surface area (Å²) in [6, 6.07) is 10.1. The Kier molecular flexibility index (Phi) is 7.95. The van der Waals surface area contributed by atoms with Crippen LogP contribution in [0.2, 0.25) is 10.0 Å². The minimum absolute atomic E-state index is 0.498. The van der Waals surface area contributed by atoms with Crippen LogP contribution in [0, 0.1) is 0 Å². The lowest BCUT2D eigenvalue weighted by atomic mass is 10.1. The van der Waals surface area contributed by atoms with Gasteiger partial charge in [-0.2, -0.15) is 0 Å². The fourth-order valence-corrected chi connectivity index (χ4v) is 5.82. The Morgan fingerprint density at radius 3 is 2.21 bits per heavy atom. The quantitative estimate of drug-likeness (QED) is 0.397. The summed E-state index contributed by atoms with van der Waals surface area (Å²) < 4.78 is 11.5. The summed E-state index contributed by atoms with van der Waals surface area (Å²) in [5, 5.41) is 1.15. The molecular weight excluding hydrogens is 523 g/mol. The zero-order valence-corrected chi connectivity index (χ0v) is 22.9. The second-order valence-corrected chi connectivity index (χ2v) is 11.1. The molecule has 3 aliphatic rings. The number of benzene rings is 1. The van der Waals surface area contributed by atoms with Gasteiger partial charge in [-0.3, -0.25) is 9.80 Å². The maximum atomic E-state index is 6.30. The number of likely N-dealkylation sites (tertiary alicyclic amines) is 1. The molecule has 0 N–H and O–H groups in total. The predicted molar refractivity (Wildman–Crippen MR) is 149 cm³/mol. The van der Waals surface area contributed by atoms with Crippen molar-refractivity contribution in [3.05, 3.63) is 58.3 Å². The van der Waals surface area contributed by atoms with Crippen molar-refractivity contribution >= 4 is 29.2 Å². The number of piperazine rings is 1. The summed E-state index contributed by atoms with van der Waals surface area (Å²) >= 11 is 12.6. The number of ether oxygens (including phenoxy) is 2. The van der Waals surface area contributed by atoms with Crippen LogP contribution in [0.25, 0.3) is 11.3 Å². The molecule has 6 rings (SSSR count). The van der Waals surface area contributed by atoms with Crippen molar-refractivity contribution < 1.29 is 9.47 Å². The molecule has 1 aromatic carbocycles. The number of hydrogen-bond acceptors (Lipinski definition) is 8. The summed E-state index contributed by atoms with van der Waals surface area (Å²) in [6.07, 6.45) is 7.22. The van der Waals surface area contributed by atoms with Gasteiger partial charge in [0.25, 0.3) is 0 Å². The van der Waals surface area contributed by atoms with E-state index in [0.29, 0.717) is 27.7 Å². The van der Waals surface area contributed by atoms with Gasteiger partial charge in [-0.15, -0.1) is 0 Å². The highest BCUT2D eigenvalue weighted by Crippen LogP contribution is 2.30. The van der Waals surface area contributed by atoms with Crippen molar-refractivity contribution in [1.82, 2.24) is 24.8 Å². The first-order valence-electron chi connectivity index (χ1n) is 13.4. The number of nitrogens with zero attached hydrogens (tertiary/aromatic N) is 6. The van der Waals surface area contributed by atoms with E-state index in [9.17, 15) is 0 Å². The minimum Gasteiger partial charge on any atom is -0.436 e. The van der Waals surface area contributed by atoms with E-state index >= 15 is 0 Å². The number of piperidine rings is 1. The Morgan fingerprint density at radius 1 is 0.842 bits per heavy atom. The Balaban J connectivity index is 1.19. The molecular formula is C28H32Cl2N6O2. The molecule has 8 nitrogen and oxygen atoms in total. The molecule has 0 spiro atoms. The highest BCUT2D eigenvalue weighted by Gasteiger charge is 2.29. The second-order valence-electron chi connectivity index (χ2n) is 10.2. The van der Waals surface area contributed by atoms with Gasteiger partial charge >= 0.3 is 0 Å². The maximum Gasteiger partial charge on any atom is 0.225 e. The van der Waals surface area contributed by atoms with Crippen LogP contribution in [0.5, 0.6) is 11.6 Å². The summed E-state index contributed by atoms with van der Waals surface area (Å²) in [7, 11) is 0. The van der Waals surface area contributed by atoms with Crippen molar-refractivity contribution in [1.29, 1.82) is 0 Å². The third-order valence-corrected chi connectivity index (χ3v) is 7.88. The summed E-state index contributed by atoms with van der Waals surface area (Å²) in [6.45, 7) is 8.56. The number of pyridine rings is 1. The van der Waals surface area contributed by atoms with Crippen LogP contribution in [-0.4, -0.2) is 83.3 Å². The van der Waals surface area contributed by atoms with Crippen LogP contribution in [0.15, 0.2) is 42.7 Å². The fraction of sp³-hybridized carbons (Fsp3) is 0.464. The number of aromatic nitrogens is 3. The molecule has 2 aromatic heterocycles. The second kappa shape index (κ2) is 11.7. The number of anilines is 1. The normalized spacial score (nSPS) is 19.4. The molecule has 0 unspecified atom stereocenters. The fourth-order valence-electron chi connectivity index (χ4n) is 5.30. The van der Waals surface area contributed by atoms with E-state index in [-0.39, 0.29) is 0 Å². The molecule has 38 heavy (non-hydrogen) atoms. The van der Waals surface area contributed by atoms with Gasteiger partial charge in [0.05, 0.1) is 37.3 Å². The van der Waals surface area contributed by atoms with Crippen molar-refractivity contribution in [3.8, 4) is 22.9 Å². The monoisotopic (exact) mass is 554 g/mol. The van der Waals surface area contributed by atoms with E-state index in [1.807, 2.05) is 18.2 Å². The number of rotatable bonds is 7. The van der Waals surface area contributed by atoms with Crippen molar-refractivity contribution in [2.45, 2.75) is 31.8 Å². The molecule has 0 atom stereocenters. The molecule has 3 aliphatic heterocycles. The van der Waals surface area contributed by atoms with Gasteiger partial charge in [-0.1, -0.05) is 29.6 Å². The zero-order chi connectivity index (χ0) is 25.9. The molecule has 0 bridgehead atoms. The van der Waals surface area contributed by atoms with E-state index in [2.05, 4.69) is 30.7 Å². The van der Waals surface area contributed by atoms with E-state index in [1.165, 1.54) is 19.3 Å². The lowest BCUT2D eigenvalue weighted by molar-refractivity contribution is -0.0661. The van der Waals surface area contributed by atoms with E-state index in [4.69, 9.17) is 37.7 Å². The molecule has 3 fully saturated rings. The average Bonchev–Trinajstić information content (AvgIpc) is 2.89. The molecule has 0 aliphatic carbocycles. The van der Waals surface area contributed by atoms with Gasteiger partial charge in [0.15, 0.2) is 5.75 Å². The van der Waals surface area contributed by atoms with Gasteiger partial charge in [-0.25, -0.2) is 15.0 Å². The molecule has 3 aromatic rings. The molecule has 0 radical (unpaired) electrons. The van der Waals surface area contributed by atoms with Gasteiger partial charge in [0, 0.05) is 54.4 Å². The smallest absolute Gasteiger partial charge is 0.225 e. The van der Waals surface area contributed by atoms with E-state index in [0.717, 1.165) is 81.8 Å². The van der Waals surface area contributed by atoms with Crippen LogP contribution in [0.4, 0.5) is 5.95 Å². The molecule has 0 amide bonds. The van der Waals surface area contributed by atoms with Gasteiger partial charge in [0.1, 0.15) is 0 Å². The number of hydrogen-bond donors (Lipinski definition) is 0. The maximum absolute atomic E-state index is 6.30. The van der Waals surface area contributed by atoms with Gasteiger partial charge in [-0.05, 0) is 55.8 Å². The SMILES string of the molecule is Clc1cc(Cl)cc(-c2cc(CN3CCCCC3)cc(Oc3cnc(N4CCN(C5COC5)CC4)nc3)n2)c1. The first-order chi connectivity index (χ1) is 18.6. The standard InChI is InChI=1S/C28H32Cl2N6O2/c29-22-12-21(13-23(30)14-22)26-10-20(17-34-4-2-1-3-5-34)11-27(33-26)38-25-15-31-28(32-16-25)36-8-6-35(7-9-36)24-18-37-19-24/h10-16,24H,1-9,17-19H2. The Labute approximate surface area is 233 Å². The average molecular weight is 556 g/mol. The largest absolute Gasteiger partial charge is 0.436 e. The molecule has 0 saturated carbocycles. The van der Waals surface area contributed by atoms with Crippen molar-refractivity contribution in [2.24, 2.45) is 0 Å². The van der Waals surface area contributed by atoms with E-state index in [1.54, 1.807) is 18.5 Å². The molecule has 10 heteroatoms. The topological polar surface area (TPSA) is 66.9 Å². The summed E-state index contributed by atoms with van der Waals surface area (Å²) in [5.41, 5.74) is 2.76. The lowest BCUT2D eigenvalue weighted by Crippen LogP contribution is -2.56. The van der Waals surface area contributed by atoms with Crippen LogP contribution < -0.4 is 9.64 Å². The third-order valence-electron chi connectivity index (χ3n) is 7.45. The highest BCUT2D eigenvalue weighted by atomic mass is 35.5. The zero-order valence-electron chi connectivity index (χ0n) is 21.4. The first-order valence-corrected chi connectivity index (χ1v) is 14.1. The van der Waals surface area contributed by atoms with E-state index < -0.39 is 0 Å². The van der Waals surface area contributed by atoms with Crippen LogP contribution in [-0.2, 0) is 11.3 Å². The van der Waals surface area contributed by atoms with Gasteiger partial charge < -0.3 is 14.4 Å². The summed E-state index contributed by atoms with van der Waals surface area (Å²) in [4.78, 5) is 21.2. The first kappa shape index (κ1) is 25.8. The van der Waals surface area contributed by atoms with Gasteiger partial charge in [0.2, 0.25) is 11.8 Å². The Bertz CT molecular complexity index is 1220. The Hall–Kier alpha value is -2.49. The van der Waals surface area contributed by atoms with Crippen molar-refractivity contribution in [3.63, 3.8) is 0 Å². The molecule has 3 saturated heterocycles. The van der Waals surface area contributed by atoms with Crippen molar-refractivity contribution in [2.75, 3.05) is 57.4 Å². The molecule has 5 heterocycles. The Morgan fingerprint density at radius 2 is 1.55 bits per heavy atom. The summed E-state index contributed by atoms with van der Waals surface area (Å²) in [5.74, 6) is 1.78. The third kappa shape index (κ3) is 6.21. The lowest BCUT2D eigenvalue weighted by Gasteiger charge is -2.42. The minimum atomic E-state index is 0.498. The number of halogens is 2. The highest BCUT2D eigenvalue weighted by molar-refractivity contribution is 6.35. The molecule has 200 valence electrons. The van der Waals surface area contributed by atoms with Crippen LogP contribution in [0.3, 0.4) is 0 Å².